The maximum atomic E-state index is 12.6. The van der Waals surface area contributed by atoms with Crippen LogP contribution < -0.4 is 5.32 Å². The van der Waals surface area contributed by atoms with Gasteiger partial charge in [-0.2, -0.15) is 0 Å². The molecule has 0 radical (unpaired) electrons. The van der Waals surface area contributed by atoms with E-state index in [9.17, 15) is 14.4 Å². The minimum atomic E-state index is -0.618. The van der Waals surface area contributed by atoms with Gasteiger partial charge in [-0.15, -0.1) is 21.5 Å². The zero-order chi connectivity index (χ0) is 24.9. The first-order valence-corrected chi connectivity index (χ1v) is 13.2. The molecule has 1 amide bonds. The molecule has 0 spiro atoms. The lowest BCUT2D eigenvalue weighted by Crippen LogP contribution is -2.21. The molecule has 0 saturated carbocycles. The first kappa shape index (κ1) is 24.9. The highest BCUT2D eigenvalue weighted by atomic mass is 32.2. The van der Waals surface area contributed by atoms with Crippen LogP contribution in [0.4, 0.5) is 5.00 Å². The molecule has 0 bridgehead atoms. The number of fused-ring (bicyclic) bond motifs is 1. The number of amides is 1. The number of carbonyl (C=O) groups is 3. The number of methoxy groups -OCH3 is 1. The third-order valence-corrected chi connectivity index (χ3v) is 7.57. The smallest absolute Gasteiger partial charge is 0.341 e. The summed E-state index contributed by atoms with van der Waals surface area (Å²) in [5.74, 6) is -0.864. The van der Waals surface area contributed by atoms with E-state index in [1.54, 1.807) is 24.3 Å². The van der Waals surface area contributed by atoms with Gasteiger partial charge in [-0.1, -0.05) is 18.2 Å². The zero-order valence-electron chi connectivity index (χ0n) is 19.8. The Kier molecular flexibility index (Phi) is 7.86. The van der Waals surface area contributed by atoms with Gasteiger partial charge in [0.2, 0.25) is 0 Å². The molecule has 3 aromatic rings. The summed E-state index contributed by atoms with van der Waals surface area (Å²) < 4.78 is 12.1. The molecule has 1 aliphatic rings. The first-order valence-electron chi connectivity index (χ1n) is 11.2. The molecule has 2 aromatic heterocycles. The van der Waals surface area contributed by atoms with Gasteiger partial charge in [0.25, 0.3) is 5.91 Å². The van der Waals surface area contributed by atoms with Gasteiger partial charge in [0.15, 0.2) is 11.8 Å². The molecule has 4 rings (SSSR count). The van der Waals surface area contributed by atoms with E-state index >= 15 is 0 Å². The summed E-state index contributed by atoms with van der Waals surface area (Å²) in [6.07, 6.45) is 6.72. The Morgan fingerprint density at radius 2 is 1.83 bits per heavy atom. The number of nitrogens with one attached hydrogen (secondary N) is 1. The Bertz CT molecular complexity index is 1250. The van der Waals surface area contributed by atoms with E-state index in [-0.39, 0.29) is 0 Å². The van der Waals surface area contributed by atoms with Crippen molar-refractivity contribution >= 4 is 45.9 Å². The Balaban J connectivity index is 1.41. The molecule has 184 valence electrons. The van der Waals surface area contributed by atoms with Crippen LogP contribution in [0.1, 0.15) is 56.2 Å². The molecule has 0 aliphatic heterocycles. The van der Waals surface area contributed by atoms with Crippen LogP contribution in [0.15, 0.2) is 29.4 Å². The number of thiophene rings is 1. The maximum absolute atomic E-state index is 12.6. The molecule has 35 heavy (non-hydrogen) atoms. The van der Waals surface area contributed by atoms with Gasteiger partial charge in [-0.25, -0.2) is 9.59 Å². The predicted octanol–water partition coefficient (Wildman–Crippen LogP) is 4.21. The van der Waals surface area contributed by atoms with Gasteiger partial charge in [0.1, 0.15) is 10.8 Å². The molecule has 1 N–H and O–H groups in total. The highest BCUT2D eigenvalue weighted by molar-refractivity contribution is 7.98. The lowest BCUT2D eigenvalue weighted by atomic mass is 10.1. The monoisotopic (exact) mass is 514 g/mol. The normalized spacial score (nSPS) is 13.0. The summed E-state index contributed by atoms with van der Waals surface area (Å²) in [6, 6.07) is 6.80. The third kappa shape index (κ3) is 5.40. The van der Waals surface area contributed by atoms with Gasteiger partial charge in [-0.3, -0.25) is 9.36 Å². The van der Waals surface area contributed by atoms with E-state index in [2.05, 4.69) is 15.5 Å². The van der Waals surface area contributed by atoms with Crippen molar-refractivity contribution in [1.82, 2.24) is 14.8 Å². The number of nitrogens with zero attached hydrogens (tertiary/aromatic N) is 3. The average Bonchev–Trinajstić information content (AvgIpc) is 3.32. The number of carbonyl (C=O) groups excluding carboxylic acids is 3. The molecule has 0 fully saturated rings. The van der Waals surface area contributed by atoms with Crippen molar-refractivity contribution in [3.05, 3.63) is 51.7 Å². The van der Waals surface area contributed by atoms with Gasteiger partial charge in [-0.05, 0) is 68.7 Å². The Morgan fingerprint density at radius 3 is 2.54 bits per heavy atom. The van der Waals surface area contributed by atoms with Crippen molar-refractivity contribution in [2.45, 2.75) is 44.2 Å². The molecular weight excluding hydrogens is 488 g/mol. The number of ether oxygens (including phenoxy) is 2. The third-order valence-electron chi connectivity index (χ3n) is 5.74. The lowest BCUT2D eigenvalue weighted by Gasteiger charge is -2.09. The molecular formula is C24H26N4O5S2. The Morgan fingerprint density at radius 1 is 1.09 bits per heavy atom. The van der Waals surface area contributed by atoms with E-state index < -0.39 is 24.5 Å². The standard InChI is InChI=1S/C24H26N4O5S2/c1-14-26-27-24(34-3)28(14)16-11-9-15(10-12-16)22(30)33-13-19(29)25-21-20(23(31)32-2)17-7-5-4-6-8-18(17)35-21/h9-12H,4-8,13H2,1-3H3,(H,25,29). The number of hydrogen-bond acceptors (Lipinski definition) is 9. The first-order chi connectivity index (χ1) is 16.9. The van der Waals surface area contributed by atoms with E-state index in [1.165, 1.54) is 30.2 Å². The topological polar surface area (TPSA) is 112 Å². The number of rotatable bonds is 7. The van der Waals surface area contributed by atoms with Crippen molar-refractivity contribution < 1.29 is 23.9 Å². The molecule has 0 unspecified atom stereocenters. The van der Waals surface area contributed by atoms with E-state index in [0.717, 1.165) is 59.2 Å². The lowest BCUT2D eigenvalue weighted by molar-refractivity contribution is -0.119. The van der Waals surface area contributed by atoms with E-state index in [0.29, 0.717) is 16.1 Å². The number of anilines is 1. The second-order valence-electron chi connectivity index (χ2n) is 8.00. The summed E-state index contributed by atoms with van der Waals surface area (Å²) in [6.45, 7) is 1.38. The molecule has 11 heteroatoms. The fourth-order valence-corrected chi connectivity index (χ4v) is 5.88. The number of esters is 2. The van der Waals surface area contributed by atoms with Gasteiger partial charge < -0.3 is 14.8 Å². The predicted molar refractivity (Wildman–Crippen MR) is 134 cm³/mol. The van der Waals surface area contributed by atoms with Crippen LogP contribution in [0.2, 0.25) is 0 Å². The van der Waals surface area contributed by atoms with Crippen molar-refractivity contribution in [2.24, 2.45) is 0 Å². The van der Waals surface area contributed by atoms with Crippen molar-refractivity contribution in [1.29, 1.82) is 0 Å². The molecule has 1 aromatic carbocycles. The van der Waals surface area contributed by atoms with Crippen LogP contribution >= 0.6 is 23.1 Å². The van der Waals surface area contributed by atoms with Crippen LogP contribution in [0.3, 0.4) is 0 Å². The van der Waals surface area contributed by atoms with Crippen molar-refractivity contribution in [3.63, 3.8) is 0 Å². The SMILES string of the molecule is COC(=O)c1c(NC(=O)COC(=O)c2ccc(-n3c(C)nnc3SC)cc2)sc2c1CCCCC2. The number of benzene rings is 1. The van der Waals surface area contributed by atoms with E-state index in [1.807, 2.05) is 17.7 Å². The second kappa shape index (κ2) is 11.0. The minimum Gasteiger partial charge on any atom is -0.465 e. The summed E-state index contributed by atoms with van der Waals surface area (Å²) in [5.41, 5.74) is 2.51. The fraction of sp³-hybridized carbons (Fsp3) is 0.375. The quantitative estimate of drug-likeness (QED) is 0.283. The van der Waals surface area contributed by atoms with Crippen LogP contribution in [0, 0.1) is 6.92 Å². The molecule has 2 heterocycles. The number of aromatic nitrogens is 3. The van der Waals surface area contributed by atoms with E-state index in [4.69, 9.17) is 9.47 Å². The Hall–Kier alpha value is -3.18. The second-order valence-corrected chi connectivity index (χ2v) is 9.88. The van der Waals surface area contributed by atoms with Crippen LogP contribution in [0.25, 0.3) is 5.69 Å². The minimum absolute atomic E-state index is 0.316. The number of hydrogen-bond donors (Lipinski definition) is 1. The van der Waals surface area contributed by atoms with Crippen molar-refractivity contribution in [3.8, 4) is 5.69 Å². The average molecular weight is 515 g/mol. The molecule has 0 atom stereocenters. The summed E-state index contributed by atoms with van der Waals surface area (Å²) in [7, 11) is 1.33. The van der Waals surface area contributed by atoms with Crippen LogP contribution in [0.5, 0.6) is 0 Å². The summed E-state index contributed by atoms with van der Waals surface area (Å²) in [4.78, 5) is 38.6. The fourth-order valence-electron chi connectivity index (χ4n) is 4.04. The molecule has 0 saturated heterocycles. The van der Waals surface area contributed by atoms with Crippen LogP contribution in [-0.2, 0) is 27.1 Å². The zero-order valence-corrected chi connectivity index (χ0v) is 21.4. The number of aryl methyl sites for hydroxylation is 2. The van der Waals surface area contributed by atoms with Crippen molar-refractivity contribution in [2.75, 3.05) is 25.3 Å². The Labute approximate surface area is 211 Å². The highest BCUT2D eigenvalue weighted by Crippen LogP contribution is 2.38. The maximum Gasteiger partial charge on any atom is 0.341 e. The molecule has 1 aliphatic carbocycles. The highest BCUT2D eigenvalue weighted by Gasteiger charge is 2.26. The summed E-state index contributed by atoms with van der Waals surface area (Å²) in [5, 5.41) is 12.1. The largest absolute Gasteiger partial charge is 0.465 e. The number of thioether (sulfide) groups is 1. The summed E-state index contributed by atoms with van der Waals surface area (Å²) >= 11 is 2.87. The van der Waals surface area contributed by atoms with Gasteiger partial charge >= 0.3 is 11.9 Å². The van der Waals surface area contributed by atoms with Gasteiger partial charge in [0, 0.05) is 10.6 Å². The molecule has 9 nitrogen and oxygen atoms in total. The van der Waals surface area contributed by atoms with Crippen LogP contribution in [-0.4, -0.2) is 52.6 Å². The van der Waals surface area contributed by atoms with Gasteiger partial charge in [0.05, 0.1) is 18.2 Å².